The van der Waals surface area contributed by atoms with Crippen LogP contribution in [0.3, 0.4) is 0 Å². The monoisotopic (exact) mass is 284 g/mol. The molecule has 7 heteroatoms. The maximum atomic E-state index is 11.1. The second-order valence-electron chi connectivity index (χ2n) is 4.42. The minimum atomic E-state index is -0.492. The number of fused-ring (bicyclic) bond motifs is 1. The summed E-state index contributed by atoms with van der Waals surface area (Å²) in [6, 6.07) is 10.2. The first-order valence-electron chi connectivity index (χ1n) is 6.17. The van der Waals surface area contributed by atoms with E-state index in [4.69, 9.17) is 10.5 Å². The minimum Gasteiger partial charge on any atom is -0.490 e. The molecule has 2 heterocycles. The van der Waals surface area contributed by atoms with Crippen molar-refractivity contribution in [2.75, 3.05) is 12.8 Å². The van der Waals surface area contributed by atoms with Gasteiger partial charge in [-0.2, -0.15) is 0 Å². The summed E-state index contributed by atoms with van der Waals surface area (Å²) in [7, 11) is 1.39. The molecule has 0 aliphatic carbocycles. The summed E-state index contributed by atoms with van der Waals surface area (Å²) < 4.78 is 6.72. The molecule has 0 aliphatic heterocycles. The Morgan fingerprint density at radius 2 is 2.14 bits per heavy atom. The highest BCUT2D eigenvalue weighted by Gasteiger charge is 2.18. The molecule has 2 N–H and O–H groups in total. The van der Waals surface area contributed by atoms with Crippen LogP contribution < -0.4 is 10.5 Å². The first-order chi connectivity index (χ1) is 10.1. The minimum absolute atomic E-state index is 0.119. The van der Waals surface area contributed by atoms with E-state index in [-0.39, 0.29) is 11.4 Å². The van der Waals surface area contributed by atoms with E-state index in [1.807, 2.05) is 18.2 Å². The van der Waals surface area contributed by atoms with E-state index in [0.717, 1.165) is 0 Å². The fourth-order valence-electron chi connectivity index (χ4n) is 2.21. The lowest BCUT2D eigenvalue weighted by atomic mass is 10.1. The summed E-state index contributed by atoms with van der Waals surface area (Å²) in [4.78, 5) is 15.0. The zero-order valence-electron chi connectivity index (χ0n) is 11.2. The van der Waals surface area contributed by atoms with Gasteiger partial charge in [-0.15, -0.1) is 0 Å². The second-order valence-corrected chi connectivity index (χ2v) is 4.42. The number of nitrogens with two attached hydrogens (primary N) is 1. The molecule has 106 valence electrons. The van der Waals surface area contributed by atoms with E-state index >= 15 is 0 Å². The Kier molecular flexibility index (Phi) is 2.94. The van der Waals surface area contributed by atoms with Crippen molar-refractivity contribution in [1.82, 2.24) is 9.38 Å². The topological polar surface area (TPSA) is 95.7 Å². The lowest BCUT2D eigenvalue weighted by molar-refractivity contribution is -0.385. The number of rotatable bonds is 3. The van der Waals surface area contributed by atoms with Crippen LogP contribution in [0, 0.1) is 10.1 Å². The molecule has 0 amide bonds. The van der Waals surface area contributed by atoms with Gasteiger partial charge in [0.1, 0.15) is 17.2 Å². The van der Waals surface area contributed by atoms with Crippen molar-refractivity contribution in [3.63, 3.8) is 0 Å². The normalized spacial score (nSPS) is 10.7. The number of hydrogen-bond donors (Lipinski definition) is 1. The number of nitro benzene ring substituents is 1. The average molecular weight is 284 g/mol. The number of methoxy groups -OCH3 is 1. The SMILES string of the molecule is COc1ccc(-c2nc3ccccn3c2N)cc1[N+](=O)[O-]. The quantitative estimate of drug-likeness (QED) is 0.589. The number of nitrogen functional groups attached to an aromatic ring is 1. The van der Waals surface area contributed by atoms with Gasteiger partial charge in [-0.3, -0.25) is 14.5 Å². The van der Waals surface area contributed by atoms with E-state index in [1.54, 1.807) is 16.7 Å². The van der Waals surface area contributed by atoms with Crippen molar-refractivity contribution in [3.8, 4) is 17.0 Å². The van der Waals surface area contributed by atoms with Crippen LogP contribution in [0.25, 0.3) is 16.9 Å². The fourth-order valence-corrected chi connectivity index (χ4v) is 2.21. The third-order valence-electron chi connectivity index (χ3n) is 3.22. The number of benzene rings is 1. The number of hydrogen-bond acceptors (Lipinski definition) is 5. The lowest BCUT2D eigenvalue weighted by Gasteiger charge is -2.04. The predicted octanol–water partition coefficient (Wildman–Crippen LogP) is 2.50. The van der Waals surface area contributed by atoms with E-state index in [9.17, 15) is 10.1 Å². The van der Waals surface area contributed by atoms with E-state index in [0.29, 0.717) is 22.7 Å². The highest BCUT2D eigenvalue weighted by Crippen LogP contribution is 2.34. The number of nitro groups is 1. The van der Waals surface area contributed by atoms with Gasteiger partial charge < -0.3 is 10.5 Å². The molecule has 7 nitrogen and oxygen atoms in total. The highest BCUT2D eigenvalue weighted by molar-refractivity contribution is 5.77. The van der Waals surface area contributed by atoms with Crippen molar-refractivity contribution >= 4 is 17.2 Å². The number of ether oxygens (including phenoxy) is 1. The Hall–Kier alpha value is -3.09. The molecule has 3 rings (SSSR count). The van der Waals surface area contributed by atoms with Gasteiger partial charge in [0, 0.05) is 17.8 Å². The molecule has 2 aromatic heterocycles. The van der Waals surface area contributed by atoms with Gasteiger partial charge in [0.2, 0.25) is 0 Å². The molecule has 0 spiro atoms. The molecule has 0 bridgehead atoms. The van der Waals surface area contributed by atoms with E-state index in [1.165, 1.54) is 19.2 Å². The van der Waals surface area contributed by atoms with Crippen LogP contribution in [0.1, 0.15) is 0 Å². The standard InChI is InChI=1S/C14H12N4O3/c1-21-11-6-5-9(8-10(11)18(19)20)13-14(15)17-7-3-2-4-12(17)16-13/h2-8H,15H2,1H3. The Labute approximate surface area is 119 Å². The summed E-state index contributed by atoms with van der Waals surface area (Å²) in [5.41, 5.74) is 7.71. The van der Waals surface area contributed by atoms with Gasteiger partial charge in [-0.05, 0) is 24.3 Å². The Balaban J connectivity index is 2.21. The molecule has 0 saturated heterocycles. The highest BCUT2D eigenvalue weighted by atomic mass is 16.6. The van der Waals surface area contributed by atoms with E-state index < -0.39 is 4.92 Å². The molecule has 0 radical (unpaired) electrons. The summed E-state index contributed by atoms with van der Waals surface area (Å²) in [5, 5.41) is 11.1. The molecule has 0 unspecified atom stereocenters. The van der Waals surface area contributed by atoms with Gasteiger partial charge >= 0.3 is 5.69 Å². The van der Waals surface area contributed by atoms with Crippen LogP contribution in [-0.4, -0.2) is 21.4 Å². The predicted molar refractivity (Wildman–Crippen MR) is 78.2 cm³/mol. The Morgan fingerprint density at radius 3 is 2.81 bits per heavy atom. The van der Waals surface area contributed by atoms with Crippen LogP contribution in [0.5, 0.6) is 5.75 Å². The lowest BCUT2D eigenvalue weighted by Crippen LogP contribution is -1.96. The zero-order valence-corrected chi connectivity index (χ0v) is 11.2. The van der Waals surface area contributed by atoms with Gasteiger partial charge in [0.25, 0.3) is 0 Å². The smallest absolute Gasteiger partial charge is 0.311 e. The molecular weight excluding hydrogens is 272 g/mol. The van der Waals surface area contributed by atoms with Crippen molar-refractivity contribution in [2.45, 2.75) is 0 Å². The fraction of sp³-hybridized carbons (Fsp3) is 0.0714. The van der Waals surface area contributed by atoms with Crippen LogP contribution in [-0.2, 0) is 0 Å². The Bertz CT molecular complexity index is 841. The first-order valence-corrected chi connectivity index (χ1v) is 6.17. The molecule has 21 heavy (non-hydrogen) atoms. The molecule has 0 atom stereocenters. The second kappa shape index (κ2) is 4.78. The molecule has 0 saturated carbocycles. The molecular formula is C14H12N4O3. The van der Waals surface area contributed by atoms with Crippen molar-refractivity contribution in [1.29, 1.82) is 0 Å². The largest absolute Gasteiger partial charge is 0.490 e. The van der Waals surface area contributed by atoms with Crippen LogP contribution in [0.15, 0.2) is 42.6 Å². The average Bonchev–Trinajstić information content (AvgIpc) is 2.84. The molecule has 3 aromatic rings. The first kappa shape index (κ1) is 12.9. The van der Waals surface area contributed by atoms with Gasteiger partial charge in [0.05, 0.1) is 12.0 Å². The maximum Gasteiger partial charge on any atom is 0.311 e. The van der Waals surface area contributed by atoms with Crippen molar-refractivity contribution in [3.05, 3.63) is 52.7 Å². The molecule has 1 aromatic carbocycles. The third kappa shape index (κ3) is 2.04. The summed E-state index contributed by atoms with van der Waals surface area (Å²) in [6.07, 6.45) is 1.79. The summed E-state index contributed by atoms with van der Waals surface area (Å²) in [6.45, 7) is 0. The van der Waals surface area contributed by atoms with Crippen LogP contribution >= 0.6 is 0 Å². The van der Waals surface area contributed by atoms with Crippen molar-refractivity contribution < 1.29 is 9.66 Å². The number of aromatic nitrogens is 2. The number of nitrogens with zero attached hydrogens (tertiary/aromatic N) is 3. The summed E-state index contributed by atoms with van der Waals surface area (Å²) >= 11 is 0. The summed E-state index contributed by atoms with van der Waals surface area (Å²) in [5.74, 6) is 0.635. The number of anilines is 1. The van der Waals surface area contributed by atoms with Gasteiger partial charge in [-0.25, -0.2) is 4.98 Å². The number of pyridine rings is 1. The van der Waals surface area contributed by atoms with Gasteiger partial charge in [-0.1, -0.05) is 6.07 Å². The van der Waals surface area contributed by atoms with Crippen LogP contribution in [0.4, 0.5) is 11.5 Å². The number of imidazole rings is 1. The molecule has 0 fully saturated rings. The van der Waals surface area contributed by atoms with E-state index in [2.05, 4.69) is 4.98 Å². The maximum absolute atomic E-state index is 11.1. The molecule has 0 aliphatic rings. The zero-order chi connectivity index (χ0) is 15.0. The third-order valence-corrected chi connectivity index (χ3v) is 3.22. The Morgan fingerprint density at radius 1 is 1.33 bits per heavy atom. The van der Waals surface area contributed by atoms with Crippen molar-refractivity contribution in [2.24, 2.45) is 0 Å². The van der Waals surface area contributed by atoms with Crippen LogP contribution in [0.2, 0.25) is 0 Å². The van der Waals surface area contributed by atoms with Gasteiger partial charge in [0.15, 0.2) is 5.75 Å².